The maximum Gasteiger partial charge on any atom is 0.314 e. The molecule has 3 rings (SSSR count). The van der Waals surface area contributed by atoms with Gasteiger partial charge in [-0.3, -0.25) is 0 Å². The molecule has 1 atom stereocenters. The fourth-order valence-electron chi connectivity index (χ4n) is 3.75. The van der Waals surface area contributed by atoms with E-state index in [9.17, 15) is 4.79 Å². The van der Waals surface area contributed by atoms with Crippen LogP contribution in [0.4, 0.5) is 4.79 Å². The minimum absolute atomic E-state index is 0.0180. The minimum Gasteiger partial charge on any atom is -0.394 e. The highest BCUT2D eigenvalue weighted by molar-refractivity contribution is 5.74. The first-order chi connectivity index (χ1) is 12.2. The number of amides is 2. The number of ether oxygens (including phenoxy) is 2. The molecule has 0 bridgehead atoms. The van der Waals surface area contributed by atoms with E-state index in [1.165, 1.54) is 11.1 Å². The lowest BCUT2D eigenvalue weighted by Crippen LogP contribution is -2.51. The molecule has 1 unspecified atom stereocenters. The van der Waals surface area contributed by atoms with Crippen LogP contribution < -0.4 is 10.6 Å². The number of hydrogen-bond donors (Lipinski definition) is 3. The van der Waals surface area contributed by atoms with Crippen molar-refractivity contribution in [2.24, 2.45) is 0 Å². The van der Waals surface area contributed by atoms with Gasteiger partial charge in [0.15, 0.2) is 0 Å². The number of urea groups is 1. The number of hydrogen-bond acceptors (Lipinski definition) is 4. The number of aliphatic hydroxyl groups is 1. The van der Waals surface area contributed by atoms with Gasteiger partial charge in [0.2, 0.25) is 0 Å². The predicted molar refractivity (Wildman–Crippen MR) is 94.7 cm³/mol. The van der Waals surface area contributed by atoms with Gasteiger partial charge < -0.3 is 25.2 Å². The van der Waals surface area contributed by atoms with E-state index in [4.69, 9.17) is 14.6 Å². The van der Waals surface area contributed by atoms with Crippen molar-refractivity contribution in [1.82, 2.24) is 10.6 Å². The quantitative estimate of drug-likeness (QED) is 0.699. The number of rotatable bonds is 7. The molecule has 3 N–H and O–H groups in total. The molecule has 2 aliphatic rings. The lowest BCUT2D eigenvalue weighted by atomic mass is 9.94. The van der Waals surface area contributed by atoms with Gasteiger partial charge in [0.25, 0.3) is 0 Å². The van der Waals surface area contributed by atoms with Crippen LogP contribution >= 0.6 is 0 Å². The summed E-state index contributed by atoms with van der Waals surface area (Å²) in [5.74, 6) is 0.393. The van der Waals surface area contributed by atoms with E-state index in [0.29, 0.717) is 32.2 Å². The third-order valence-electron chi connectivity index (χ3n) is 5.24. The Labute approximate surface area is 148 Å². The largest absolute Gasteiger partial charge is 0.394 e. The summed E-state index contributed by atoms with van der Waals surface area (Å²) in [6.07, 6.45) is 3.62. The van der Waals surface area contributed by atoms with Gasteiger partial charge in [0.1, 0.15) is 0 Å². The molecule has 1 aliphatic carbocycles. The smallest absolute Gasteiger partial charge is 0.314 e. The van der Waals surface area contributed by atoms with Crippen molar-refractivity contribution in [3.8, 4) is 0 Å². The number of carbonyl (C=O) groups is 1. The summed E-state index contributed by atoms with van der Waals surface area (Å²) >= 11 is 0. The van der Waals surface area contributed by atoms with Gasteiger partial charge in [-0.15, -0.1) is 0 Å². The van der Waals surface area contributed by atoms with E-state index in [1.54, 1.807) is 0 Å². The molecule has 0 spiro atoms. The number of aliphatic hydroxyl groups excluding tert-OH is 1. The average molecular weight is 348 g/mol. The molecule has 6 heteroatoms. The number of fused-ring (bicyclic) bond motifs is 1. The molecule has 0 radical (unpaired) electrons. The number of benzene rings is 1. The summed E-state index contributed by atoms with van der Waals surface area (Å²) in [6.45, 7) is 2.58. The van der Waals surface area contributed by atoms with Crippen LogP contribution in [0.3, 0.4) is 0 Å². The van der Waals surface area contributed by atoms with Crippen LogP contribution in [-0.2, 0) is 15.9 Å². The van der Waals surface area contributed by atoms with Gasteiger partial charge in [0, 0.05) is 45.1 Å². The van der Waals surface area contributed by atoms with Crippen LogP contribution in [0.2, 0.25) is 0 Å². The van der Waals surface area contributed by atoms with Crippen LogP contribution in [-0.4, -0.2) is 56.3 Å². The van der Waals surface area contributed by atoms with E-state index >= 15 is 0 Å². The maximum atomic E-state index is 12.2. The minimum atomic E-state index is -0.432. The van der Waals surface area contributed by atoms with E-state index in [-0.39, 0.29) is 19.2 Å². The highest BCUT2D eigenvalue weighted by atomic mass is 16.5. The molecular formula is C19H28N2O4. The third kappa shape index (κ3) is 4.71. The van der Waals surface area contributed by atoms with Crippen LogP contribution in [0.15, 0.2) is 24.3 Å². The number of nitrogens with one attached hydrogen (secondary N) is 2. The molecule has 1 aromatic rings. The van der Waals surface area contributed by atoms with E-state index in [2.05, 4.69) is 34.9 Å². The fraction of sp³-hybridized carbons (Fsp3) is 0.632. The third-order valence-corrected chi connectivity index (χ3v) is 5.24. The molecule has 1 aliphatic heterocycles. The van der Waals surface area contributed by atoms with Gasteiger partial charge in [-0.1, -0.05) is 24.3 Å². The predicted octanol–water partition coefficient (Wildman–Crippen LogP) is 1.57. The maximum absolute atomic E-state index is 12.2. The second-order valence-electron chi connectivity index (χ2n) is 6.87. The fourth-order valence-corrected chi connectivity index (χ4v) is 3.75. The Bertz CT molecular complexity index is 572. The van der Waals surface area contributed by atoms with Gasteiger partial charge in [-0.25, -0.2) is 4.79 Å². The molecule has 1 fully saturated rings. The second kappa shape index (κ2) is 8.65. The summed E-state index contributed by atoms with van der Waals surface area (Å²) in [5, 5.41) is 14.9. The Morgan fingerprint density at radius 3 is 2.88 bits per heavy atom. The van der Waals surface area contributed by atoms with Crippen molar-refractivity contribution < 1.29 is 19.4 Å². The second-order valence-corrected chi connectivity index (χ2v) is 6.87. The van der Waals surface area contributed by atoms with E-state index < -0.39 is 5.60 Å². The van der Waals surface area contributed by atoms with Crippen molar-refractivity contribution in [3.63, 3.8) is 0 Å². The summed E-state index contributed by atoms with van der Waals surface area (Å²) in [7, 11) is 0. The monoisotopic (exact) mass is 348 g/mol. The summed E-state index contributed by atoms with van der Waals surface area (Å²) in [5.41, 5.74) is 2.32. The lowest BCUT2D eigenvalue weighted by molar-refractivity contribution is -0.114. The standard InChI is InChI=1S/C19H28N2O4/c22-9-12-25-19(7-10-24-11-8-19)14-21-18(23)20-13-16-6-5-15-3-1-2-4-17(15)16/h1-4,16,22H,5-14H2,(H2,20,21,23). The van der Waals surface area contributed by atoms with Gasteiger partial charge in [-0.2, -0.15) is 0 Å². The molecule has 138 valence electrons. The molecule has 2 amide bonds. The van der Waals surface area contributed by atoms with Crippen molar-refractivity contribution in [3.05, 3.63) is 35.4 Å². The first kappa shape index (κ1) is 18.2. The number of carbonyl (C=O) groups excluding carboxylic acids is 1. The topological polar surface area (TPSA) is 79.8 Å². The van der Waals surface area contributed by atoms with Gasteiger partial charge in [0.05, 0.1) is 18.8 Å². The first-order valence-electron chi connectivity index (χ1n) is 9.14. The Morgan fingerprint density at radius 1 is 1.28 bits per heavy atom. The van der Waals surface area contributed by atoms with Gasteiger partial charge in [-0.05, 0) is 24.0 Å². The zero-order chi connectivity index (χ0) is 17.5. The lowest BCUT2D eigenvalue weighted by Gasteiger charge is -2.37. The normalized spacial score (nSPS) is 21.6. The molecule has 0 aromatic heterocycles. The molecule has 1 aromatic carbocycles. The Balaban J connectivity index is 1.46. The Morgan fingerprint density at radius 2 is 2.08 bits per heavy atom. The molecular weight excluding hydrogens is 320 g/mol. The number of aryl methyl sites for hydroxylation is 1. The summed E-state index contributed by atoms with van der Waals surface area (Å²) < 4.78 is 11.2. The Kier molecular flexibility index (Phi) is 6.29. The van der Waals surface area contributed by atoms with Crippen molar-refractivity contribution >= 4 is 6.03 Å². The van der Waals surface area contributed by atoms with E-state index in [0.717, 1.165) is 25.7 Å². The first-order valence-corrected chi connectivity index (χ1v) is 9.14. The van der Waals surface area contributed by atoms with Crippen LogP contribution in [0.5, 0.6) is 0 Å². The van der Waals surface area contributed by atoms with Crippen molar-refractivity contribution in [1.29, 1.82) is 0 Å². The zero-order valence-corrected chi connectivity index (χ0v) is 14.6. The zero-order valence-electron chi connectivity index (χ0n) is 14.6. The SMILES string of the molecule is O=C(NCC1CCc2ccccc21)NCC1(OCCO)CCOCC1. The van der Waals surface area contributed by atoms with Crippen LogP contribution in [0.1, 0.15) is 36.3 Å². The molecule has 25 heavy (non-hydrogen) atoms. The molecule has 6 nitrogen and oxygen atoms in total. The van der Waals surface area contributed by atoms with Crippen LogP contribution in [0, 0.1) is 0 Å². The summed E-state index contributed by atoms with van der Waals surface area (Å²) in [4.78, 5) is 12.2. The van der Waals surface area contributed by atoms with Crippen molar-refractivity contribution in [2.75, 3.05) is 39.5 Å². The molecule has 1 heterocycles. The molecule has 0 saturated carbocycles. The molecule has 1 saturated heterocycles. The average Bonchev–Trinajstić information content (AvgIpc) is 3.07. The van der Waals surface area contributed by atoms with Gasteiger partial charge >= 0.3 is 6.03 Å². The van der Waals surface area contributed by atoms with Crippen LogP contribution in [0.25, 0.3) is 0 Å². The van der Waals surface area contributed by atoms with Crippen molar-refractivity contribution in [2.45, 2.75) is 37.2 Å². The highest BCUT2D eigenvalue weighted by Gasteiger charge is 2.34. The highest BCUT2D eigenvalue weighted by Crippen LogP contribution is 2.32. The summed E-state index contributed by atoms with van der Waals surface area (Å²) in [6, 6.07) is 8.30. The Hall–Kier alpha value is -1.63. The van der Waals surface area contributed by atoms with E-state index in [1.807, 2.05) is 0 Å².